The van der Waals surface area contributed by atoms with Crippen molar-refractivity contribution in [1.82, 2.24) is 0 Å². The lowest BCUT2D eigenvalue weighted by molar-refractivity contribution is 0.315. The molecule has 2 aromatic rings. The Morgan fingerprint density at radius 1 is 0.808 bits per heavy atom. The molecule has 2 aromatic carbocycles. The van der Waals surface area contributed by atoms with Crippen molar-refractivity contribution in [2.24, 2.45) is 5.90 Å². The Morgan fingerprint density at radius 3 is 1.73 bits per heavy atom. The third-order valence-corrected chi connectivity index (χ3v) is 5.43. The highest BCUT2D eigenvalue weighted by molar-refractivity contribution is 7.99. The van der Waals surface area contributed by atoms with Gasteiger partial charge in [-0.25, -0.2) is 0 Å². The molecular weight excluding hydrogens is 342 g/mol. The van der Waals surface area contributed by atoms with Gasteiger partial charge in [-0.05, 0) is 47.9 Å². The lowest BCUT2D eigenvalue weighted by Crippen LogP contribution is -2.16. The summed E-state index contributed by atoms with van der Waals surface area (Å²) < 4.78 is 0. The standard InChI is InChI=1S/C22H31NO2S/c1-13-9-15(21(3,4)5)19(24)17(11-13)26-18-12-14(2)10-16(20(18)25-23)22(6,7)8/h9-12,24H,23H2,1-8H3. The number of phenolic OH excluding ortho intramolecular Hbond substituents is 1. The lowest BCUT2D eigenvalue weighted by Gasteiger charge is -2.25. The van der Waals surface area contributed by atoms with E-state index in [0.717, 1.165) is 32.0 Å². The summed E-state index contributed by atoms with van der Waals surface area (Å²) in [5.41, 5.74) is 4.03. The first-order valence-corrected chi connectivity index (χ1v) is 9.70. The van der Waals surface area contributed by atoms with Crippen molar-refractivity contribution in [2.45, 2.75) is 76.0 Å². The zero-order chi connectivity index (χ0) is 19.9. The van der Waals surface area contributed by atoms with Crippen molar-refractivity contribution < 1.29 is 9.94 Å². The fourth-order valence-corrected chi connectivity index (χ4v) is 4.19. The van der Waals surface area contributed by atoms with E-state index in [1.165, 1.54) is 11.8 Å². The van der Waals surface area contributed by atoms with Crippen molar-refractivity contribution in [3.05, 3.63) is 46.5 Å². The molecule has 0 atom stereocenters. The van der Waals surface area contributed by atoms with Crippen LogP contribution in [0.4, 0.5) is 0 Å². The number of hydrogen-bond donors (Lipinski definition) is 2. The Bertz CT molecular complexity index is 814. The first-order valence-electron chi connectivity index (χ1n) is 8.88. The molecule has 0 heterocycles. The minimum atomic E-state index is -0.137. The van der Waals surface area contributed by atoms with Gasteiger partial charge in [-0.3, -0.25) is 0 Å². The summed E-state index contributed by atoms with van der Waals surface area (Å²) in [5.74, 6) is 6.64. The number of benzene rings is 2. The molecule has 3 N–H and O–H groups in total. The van der Waals surface area contributed by atoms with Crippen molar-refractivity contribution >= 4 is 11.8 Å². The van der Waals surface area contributed by atoms with Gasteiger partial charge in [0.2, 0.25) is 0 Å². The summed E-state index contributed by atoms with van der Waals surface area (Å²) in [4.78, 5) is 7.03. The van der Waals surface area contributed by atoms with Gasteiger partial charge in [-0.2, -0.15) is 5.90 Å². The van der Waals surface area contributed by atoms with Gasteiger partial charge in [-0.15, -0.1) is 0 Å². The smallest absolute Gasteiger partial charge is 0.164 e. The molecule has 0 amide bonds. The molecule has 0 saturated heterocycles. The summed E-state index contributed by atoms with van der Waals surface area (Å²) in [6, 6.07) is 8.23. The average molecular weight is 374 g/mol. The van der Waals surface area contributed by atoms with Gasteiger partial charge >= 0.3 is 0 Å². The molecule has 0 bridgehead atoms. The summed E-state index contributed by atoms with van der Waals surface area (Å²) in [6.45, 7) is 16.9. The molecule has 0 aromatic heterocycles. The van der Waals surface area contributed by atoms with Gasteiger partial charge in [0.1, 0.15) is 5.75 Å². The largest absolute Gasteiger partial charge is 0.506 e. The Labute approximate surface area is 161 Å². The van der Waals surface area contributed by atoms with Crippen molar-refractivity contribution in [1.29, 1.82) is 0 Å². The molecule has 0 radical (unpaired) electrons. The van der Waals surface area contributed by atoms with Gasteiger partial charge in [0.05, 0.1) is 9.79 Å². The first-order chi connectivity index (χ1) is 11.8. The number of rotatable bonds is 3. The van der Waals surface area contributed by atoms with Crippen LogP contribution in [0.5, 0.6) is 11.5 Å². The third kappa shape index (κ3) is 4.36. The number of aryl methyl sites for hydroxylation is 2. The second-order valence-electron chi connectivity index (χ2n) is 9.02. The van der Waals surface area contributed by atoms with Crippen LogP contribution in [0.15, 0.2) is 34.1 Å². The Balaban J connectivity index is 2.63. The molecular formula is C22H31NO2S. The minimum Gasteiger partial charge on any atom is -0.506 e. The predicted molar refractivity (Wildman–Crippen MR) is 110 cm³/mol. The Kier molecular flexibility index (Phi) is 5.69. The molecule has 3 nitrogen and oxygen atoms in total. The Hall–Kier alpha value is -1.65. The third-order valence-electron chi connectivity index (χ3n) is 4.37. The van der Waals surface area contributed by atoms with Crippen LogP contribution in [-0.4, -0.2) is 5.11 Å². The lowest BCUT2D eigenvalue weighted by atomic mass is 9.85. The molecule has 0 spiro atoms. The van der Waals surface area contributed by atoms with E-state index >= 15 is 0 Å². The topological polar surface area (TPSA) is 55.5 Å². The van der Waals surface area contributed by atoms with Crippen LogP contribution in [0, 0.1) is 13.8 Å². The van der Waals surface area contributed by atoms with E-state index < -0.39 is 0 Å². The van der Waals surface area contributed by atoms with Crippen LogP contribution in [0.2, 0.25) is 0 Å². The van der Waals surface area contributed by atoms with Gasteiger partial charge in [-0.1, -0.05) is 65.4 Å². The van der Waals surface area contributed by atoms with Gasteiger partial charge in [0, 0.05) is 11.1 Å². The highest BCUT2D eigenvalue weighted by Gasteiger charge is 2.25. The molecule has 0 unspecified atom stereocenters. The van der Waals surface area contributed by atoms with Crippen LogP contribution in [0.1, 0.15) is 63.8 Å². The number of phenols is 1. The quantitative estimate of drug-likeness (QED) is 0.647. The maximum Gasteiger partial charge on any atom is 0.164 e. The fourth-order valence-electron chi connectivity index (χ4n) is 3.01. The molecule has 0 fully saturated rings. The molecule has 0 aliphatic heterocycles. The van der Waals surface area contributed by atoms with Gasteiger partial charge in [0.25, 0.3) is 0 Å². The van der Waals surface area contributed by atoms with E-state index in [0.29, 0.717) is 11.5 Å². The van der Waals surface area contributed by atoms with Crippen LogP contribution >= 0.6 is 11.8 Å². The van der Waals surface area contributed by atoms with Crippen molar-refractivity contribution in [3.8, 4) is 11.5 Å². The monoisotopic (exact) mass is 373 g/mol. The molecule has 0 aliphatic rings. The maximum atomic E-state index is 10.9. The highest BCUT2D eigenvalue weighted by Crippen LogP contribution is 2.46. The van der Waals surface area contributed by atoms with Crippen LogP contribution in [-0.2, 0) is 10.8 Å². The van der Waals surface area contributed by atoms with Crippen molar-refractivity contribution in [3.63, 3.8) is 0 Å². The molecule has 2 rings (SSSR count). The second kappa shape index (κ2) is 7.16. The maximum absolute atomic E-state index is 10.9. The SMILES string of the molecule is Cc1cc(Sc2cc(C)cc(C(C)(C)C)c2ON)c(O)c(C(C)(C)C)c1. The Morgan fingerprint density at radius 2 is 1.27 bits per heavy atom. The van der Waals surface area contributed by atoms with Crippen molar-refractivity contribution in [2.75, 3.05) is 0 Å². The summed E-state index contributed by atoms with van der Waals surface area (Å²) in [6.07, 6.45) is 0. The molecule has 4 heteroatoms. The molecule has 0 aliphatic carbocycles. The second-order valence-corrected chi connectivity index (χ2v) is 10.1. The predicted octanol–water partition coefficient (Wildman–Crippen LogP) is 6.01. The normalized spacial score (nSPS) is 12.3. The zero-order valence-electron chi connectivity index (χ0n) is 17.2. The zero-order valence-corrected chi connectivity index (χ0v) is 18.0. The van der Waals surface area contributed by atoms with E-state index in [1.807, 2.05) is 6.07 Å². The van der Waals surface area contributed by atoms with E-state index in [1.54, 1.807) is 0 Å². The van der Waals surface area contributed by atoms with E-state index in [9.17, 15) is 5.11 Å². The molecule has 142 valence electrons. The summed E-state index contributed by atoms with van der Waals surface area (Å²) in [5, 5.41) is 10.9. The average Bonchev–Trinajstić information content (AvgIpc) is 2.48. The van der Waals surface area contributed by atoms with Crippen LogP contribution in [0.25, 0.3) is 0 Å². The number of hydrogen-bond acceptors (Lipinski definition) is 4. The van der Waals surface area contributed by atoms with E-state index in [4.69, 9.17) is 10.7 Å². The number of nitrogens with two attached hydrogens (primary N) is 1. The molecule has 26 heavy (non-hydrogen) atoms. The fraction of sp³-hybridized carbons (Fsp3) is 0.455. The van der Waals surface area contributed by atoms with E-state index in [-0.39, 0.29) is 10.8 Å². The van der Waals surface area contributed by atoms with Gasteiger partial charge in [0.15, 0.2) is 5.75 Å². The summed E-state index contributed by atoms with van der Waals surface area (Å²) >= 11 is 1.50. The first kappa shape index (κ1) is 20.7. The van der Waals surface area contributed by atoms with Gasteiger partial charge < -0.3 is 9.94 Å². The highest BCUT2D eigenvalue weighted by atomic mass is 32.2. The molecule has 0 saturated carbocycles. The van der Waals surface area contributed by atoms with E-state index in [2.05, 4.69) is 73.6 Å². The van der Waals surface area contributed by atoms with Crippen LogP contribution in [0.3, 0.4) is 0 Å². The van der Waals surface area contributed by atoms with Crippen LogP contribution < -0.4 is 10.7 Å². The number of aromatic hydroxyl groups is 1. The minimum absolute atomic E-state index is 0.0960. The summed E-state index contributed by atoms with van der Waals surface area (Å²) in [7, 11) is 0.